The van der Waals surface area contributed by atoms with Gasteiger partial charge in [0.15, 0.2) is 11.6 Å². The van der Waals surface area contributed by atoms with E-state index >= 15 is 0 Å². The fourth-order valence-corrected chi connectivity index (χ4v) is 3.38. The van der Waals surface area contributed by atoms with E-state index in [1.54, 1.807) is 12.1 Å². The van der Waals surface area contributed by atoms with Crippen LogP contribution in [0.5, 0.6) is 5.75 Å². The molecule has 2 aliphatic rings. The van der Waals surface area contributed by atoms with Gasteiger partial charge in [0.05, 0.1) is 6.61 Å². The number of halogens is 1. The summed E-state index contributed by atoms with van der Waals surface area (Å²) in [5.41, 5.74) is 1.58. The van der Waals surface area contributed by atoms with Gasteiger partial charge in [-0.3, -0.25) is 4.79 Å². The third-order valence-electron chi connectivity index (χ3n) is 4.82. The van der Waals surface area contributed by atoms with Crippen LogP contribution in [0.4, 0.5) is 10.1 Å². The largest absolute Gasteiger partial charge is 0.507 e. The first kappa shape index (κ1) is 19.1. The highest BCUT2D eigenvalue weighted by Crippen LogP contribution is 2.32. The Bertz CT molecular complexity index is 779. The molecule has 0 atom stereocenters. The molecule has 27 heavy (non-hydrogen) atoms. The highest BCUT2D eigenvalue weighted by molar-refractivity contribution is 5.97. The summed E-state index contributed by atoms with van der Waals surface area (Å²) in [4.78, 5) is 26.3. The highest BCUT2D eigenvalue weighted by Gasteiger charge is 2.21. The molecule has 1 aromatic carbocycles. The van der Waals surface area contributed by atoms with Crippen molar-refractivity contribution < 1.29 is 23.8 Å². The number of anilines is 1. The van der Waals surface area contributed by atoms with Crippen LogP contribution in [0.2, 0.25) is 0 Å². The molecular weight excluding hydrogens is 349 g/mol. The zero-order valence-electron chi connectivity index (χ0n) is 15.2. The minimum Gasteiger partial charge on any atom is -0.507 e. The first-order chi connectivity index (χ1) is 13.1. The van der Waals surface area contributed by atoms with Gasteiger partial charge >= 0.3 is 5.97 Å². The zero-order valence-corrected chi connectivity index (χ0v) is 15.2. The average Bonchev–Trinajstić information content (AvgIpc) is 3.18. The standard InChI is InChI=1S/C21H24FNO4/c22-17-8-6-12-27-21(26)20-15(7-2-1-3-9-18(17)24)13-16(14-19(20)25)23-10-4-5-11-23/h2,7-8,13-14,25H,1,3-6,9-12H2/b7-2+,17-8+. The zero-order chi connectivity index (χ0) is 19.2. The summed E-state index contributed by atoms with van der Waals surface area (Å²) in [5.74, 6) is -2.09. The Kier molecular flexibility index (Phi) is 6.27. The van der Waals surface area contributed by atoms with Crippen molar-refractivity contribution in [3.8, 4) is 5.75 Å². The number of allylic oxidation sites excluding steroid dienone is 2. The Labute approximate surface area is 158 Å². The van der Waals surface area contributed by atoms with E-state index in [9.17, 15) is 19.1 Å². The molecule has 6 heteroatoms. The van der Waals surface area contributed by atoms with Crippen LogP contribution in [0.3, 0.4) is 0 Å². The van der Waals surface area contributed by atoms with Crippen LogP contribution in [0.25, 0.3) is 6.08 Å². The molecule has 0 radical (unpaired) electrons. The number of carbonyl (C=O) groups is 2. The van der Waals surface area contributed by atoms with Crippen LogP contribution in [0.15, 0.2) is 30.1 Å². The molecule has 0 bridgehead atoms. The second-order valence-corrected chi connectivity index (χ2v) is 6.82. The van der Waals surface area contributed by atoms with E-state index in [4.69, 9.17) is 4.74 Å². The summed E-state index contributed by atoms with van der Waals surface area (Å²) in [6.07, 6.45) is 8.30. The minimum atomic E-state index is -0.786. The number of esters is 1. The number of benzene rings is 1. The molecule has 0 amide bonds. The second-order valence-electron chi connectivity index (χ2n) is 6.82. The number of carbonyl (C=O) groups excluding carboxylic acids is 2. The Hall–Kier alpha value is -2.63. The number of fused-ring (bicyclic) bond motifs is 1. The van der Waals surface area contributed by atoms with Crippen LogP contribution in [0.1, 0.15) is 54.4 Å². The second kappa shape index (κ2) is 8.84. The van der Waals surface area contributed by atoms with E-state index in [2.05, 4.69) is 4.90 Å². The Morgan fingerprint density at radius 1 is 1.07 bits per heavy atom. The van der Waals surface area contributed by atoms with Crippen molar-refractivity contribution in [1.29, 1.82) is 0 Å². The van der Waals surface area contributed by atoms with Crippen molar-refractivity contribution in [2.75, 3.05) is 24.6 Å². The van der Waals surface area contributed by atoms with Crippen molar-refractivity contribution in [2.45, 2.75) is 38.5 Å². The lowest BCUT2D eigenvalue weighted by atomic mass is 10.0. The third kappa shape index (κ3) is 4.76. The quantitative estimate of drug-likeness (QED) is 0.749. The molecule has 144 valence electrons. The number of ether oxygens (including phenoxy) is 1. The topological polar surface area (TPSA) is 66.8 Å². The summed E-state index contributed by atoms with van der Waals surface area (Å²) >= 11 is 0. The van der Waals surface area contributed by atoms with Crippen molar-refractivity contribution in [2.24, 2.45) is 0 Å². The molecule has 2 heterocycles. The number of hydrogen-bond acceptors (Lipinski definition) is 5. The number of cyclic esters (lactones) is 1. The minimum absolute atomic E-state index is 0.0595. The summed E-state index contributed by atoms with van der Waals surface area (Å²) < 4.78 is 18.8. The first-order valence-electron chi connectivity index (χ1n) is 9.41. The lowest BCUT2D eigenvalue weighted by molar-refractivity contribution is -0.117. The number of phenols is 1. The number of ketones is 1. The number of Topliss-reactive ketones (excluding diaryl/α,β-unsaturated/α-hetero) is 1. The molecule has 0 spiro atoms. The Morgan fingerprint density at radius 2 is 1.85 bits per heavy atom. The molecule has 0 saturated carbocycles. The predicted molar refractivity (Wildman–Crippen MR) is 102 cm³/mol. The van der Waals surface area contributed by atoms with Crippen LogP contribution >= 0.6 is 0 Å². The summed E-state index contributed by atoms with van der Waals surface area (Å²) in [7, 11) is 0. The maximum Gasteiger partial charge on any atom is 0.342 e. The van der Waals surface area contributed by atoms with E-state index in [0.29, 0.717) is 18.4 Å². The van der Waals surface area contributed by atoms with Gasteiger partial charge in [-0.15, -0.1) is 0 Å². The van der Waals surface area contributed by atoms with Gasteiger partial charge in [-0.05, 0) is 43.4 Å². The molecule has 1 aromatic rings. The maximum atomic E-state index is 13.6. The van der Waals surface area contributed by atoms with Gasteiger partial charge in [0.1, 0.15) is 11.3 Å². The molecule has 1 saturated heterocycles. The molecule has 2 aliphatic heterocycles. The highest BCUT2D eigenvalue weighted by atomic mass is 19.1. The molecule has 5 nitrogen and oxygen atoms in total. The van der Waals surface area contributed by atoms with Crippen LogP contribution in [-0.2, 0) is 9.53 Å². The number of phenolic OH excluding ortho intramolecular Hbond substituents is 1. The lowest BCUT2D eigenvalue weighted by Crippen LogP contribution is -2.18. The fourth-order valence-electron chi connectivity index (χ4n) is 3.38. The van der Waals surface area contributed by atoms with Crippen molar-refractivity contribution in [3.63, 3.8) is 0 Å². The average molecular weight is 373 g/mol. The molecule has 1 N–H and O–H groups in total. The smallest absolute Gasteiger partial charge is 0.342 e. The van der Waals surface area contributed by atoms with Gasteiger partial charge in [-0.1, -0.05) is 12.2 Å². The predicted octanol–water partition coefficient (Wildman–Crippen LogP) is 4.16. The van der Waals surface area contributed by atoms with E-state index in [1.807, 2.05) is 12.1 Å². The van der Waals surface area contributed by atoms with E-state index in [0.717, 1.165) is 37.7 Å². The summed E-state index contributed by atoms with van der Waals surface area (Å²) in [5, 5.41) is 10.5. The van der Waals surface area contributed by atoms with Crippen molar-refractivity contribution >= 4 is 23.5 Å². The van der Waals surface area contributed by atoms with Crippen LogP contribution < -0.4 is 4.90 Å². The number of rotatable bonds is 1. The fraction of sp³-hybridized carbons (Fsp3) is 0.429. The van der Waals surface area contributed by atoms with Gasteiger partial charge in [0.2, 0.25) is 0 Å². The van der Waals surface area contributed by atoms with Crippen molar-refractivity contribution in [1.82, 2.24) is 0 Å². The maximum absolute atomic E-state index is 13.6. The number of nitrogens with zero attached hydrogens (tertiary/aromatic N) is 1. The number of aromatic hydroxyl groups is 1. The molecular formula is C21H24FNO4. The molecule has 0 aromatic heterocycles. The molecule has 0 aliphatic carbocycles. The first-order valence-corrected chi connectivity index (χ1v) is 9.41. The van der Waals surface area contributed by atoms with E-state index in [1.165, 1.54) is 0 Å². The molecule has 0 unspecified atom stereocenters. The van der Waals surface area contributed by atoms with Gasteiger partial charge in [0, 0.05) is 37.7 Å². The van der Waals surface area contributed by atoms with Gasteiger partial charge in [0.25, 0.3) is 0 Å². The normalized spacial score (nSPS) is 22.4. The SMILES string of the molecule is O=C1CCC/C=C/c2cc(N3CCCC3)cc(O)c2C(=O)OCC/C=C\1F. The van der Waals surface area contributed by atoms with E-state index < -0.39 is 17.6 Å². The monoisotopic (exact) mass is 373 g/mol. The van der Waals surface area contributed by atoms with Gasteiger partial charge < -0.3 is 14.7 Å². The summed E-state index contributed by atoms with van der Waals surface area (Å²) in [6, 6.07) is 3.48. The molecule has 3 rings (SSSR count). The van der Waals surface area contributed by atoms with Gasteiger partial charge in [-0.2, -0.15) is 0 Å². The number of hydrogen-bond donors (Lipinski definition) is 1. The summed E-state index contributed by atoms with van der Waals surface area (Å²) in [6.45, 7) is 1.79. The van der Waals surface area contributed by atoms with Gasteiger partial charge in [-0.25, -0.2) is 9.18 Å². The Balaban J connectivity index is 1.90. The third-order valence-corrected chi connectivity index (χ3v) is 4.82. The lowest BCUT2D eigenvalue weighted by Gasteiger charge is -2.20. The van der Waals surface area contributed by atoms with Crippen LogP contribution in [0, 0.1) is 0 Å². The molecule has 1 fully saturated rings. The van der Waals surface area contributed by atoms with Crippen molar-refractivity contribution in [3.05, 3.63) is 41.2 Å². The van der Waals surface area contributed by atoms with Crippen LogP contribution in [-0.4, -0.2) is 36.6 Å². The Morgan fingerprint density at radius 3 is 2.63 bits per heavy atom. The van der Waals surface area contributed by atoms with E-state index in [-0.39, 0.29) is 30.8 Å².